The van der Waals surface area contributed by atoms with Gasteiger partial charge in [0.05, 0.1) is 11.0 Å². The van der Waals surface area contributed by atoms with Crippen LogP contribution in [-0.4, -0.2) is 30.9 Å². The van der Waals surface area contributed by atoms with Crippen molar-refractivity contribution in [3.8, 4) is 11.6 Å². The molecule has 0 fully saturated rings. The number of ether oxygens (including phenoxy) is 1. The van der Waals surface area contributed by atoms with Crippen LogP contribution in [0.25, 0.3) is 16.7 Å². The summed E-state index contributed by atoms with van der Waals surface area (Å²) in [6, 6.07) is 21.4. The summed E-state index contributed by atoms with van der Waals surface area (Å²) in [5.41, 5.74) is 2.90. The van der Waals surface area contributed by atoms with Crippen LogP contribution in [0, 0.1) is 0 Å². The van der Waals surface area contributed by atoms with Gasteiger partial charge in [-0.05, 0) is 55.3 Å². The third-order valence-corrected chi connectivity index (χ3v) is 5.77. The van der Waals surface area contributed by atoms with Gasteiger partial charge >= 0.3 is 5.69 Å². The van der Waals surface area contributed by atoms with Crippen LogP contribution in [0.15, 0.2) is 77.6 Å². The Morgan fingerprint density at radius 3 is 2.53 bits per heavy atom. The number of Topliss-reactive ketones (excluding diaryl/α,β-unsaturated/α-hetero) is 1. The van der Waals surface area contributed by atoms with Gasteiger partial charge in [-0.25, -0.2) is 18.9 Å². The molecule has 0 spiro atoms. The molecule has 1 amide bonds. The van der Waals surface area contributed by atoms with Crippen molar-refractivity contribution >= 4 is 34.1 Å². The fourth-order valence-electron chi connectivity index (χ4n) is 3.90. The normalized spacial score (nSPS) is 11.1. The molecule has 180 valence electrons. The van der Waals surface area contributed by atoms with Crippen molar-refractivity contribution in [1.82, 2.24) is 19.2 Å². The number of rotatable bonds is 7. The topological polar surface area (TPSA) is 108 Å². The van der Waals surface area contributed by atoms with Crippen LogP contribution in [-0.2, 0) is 17.8 Å². The predicted octanol–water partition coefficient (Wildman–Crippen LogP) is 4.24. The van der Waals surface area contributed by atoms with Crippen molar-refractivity contribution in [3.63, 3.8) is 0 Å². The molecule has 1 N–H and O–H groups in total. The second kappa shape index (κ2) is 9.46. The molecule has 0 radical (unpaired) electrons. The van der Waals surface area contributed by atoms with Crippen LogP contribution in [0.5, 0.6) is 11.6 Å². The first-order valence-electron chi connectivity index (χ1n) is 11.5. The van der Waals surface area contributed by atoms with Crippen LogP contribution < -0.4 is 15.7 Å². The van der Waals surface area contributed by atoms with E-state index >= 15 is 0 Å². The van der Waals surface area contributed by atoms with Gasteiger partial charge in [0.15, 0.2) is 5.78 Å². The maximum absolute atomic E-state index is 13.3. The number of aromatic nitrogens is 4. The molecule has 0 bridgehead atoms. The first-order chi connectivity index (χ1) is 17.4. The van der Waals surface area contributed by atoms with Crippen molar-refractivity contribution in [3.05, 3.63) is 94.4 Å². The molecule has 36 heavy (non-hydrogen) atoms. The Morgan fingerprint density at radius 1 is 1.00 bits per heavy atom. The number of ketones is 1. The number of benzene rings is 3. The van der Waals surface area contributed by atoms with Crippen LogP contribution in [0.2, 0.25) is 0 Å². The van der Waals surface area contributed by atoms with E-state index in [1.165, 1.54) is 16.9 Å². The minimum Gasteiger partial charge on any atom is -0.436 e. The second-order valence-electron chi connectivity index (χ2n) is 8.29. The number of carbonyl (C=O) groups is 2. The van der Waals surface area contributed by atoms with E-state index in [9.17, 15) is 14.4 Å². The molecule has 2 aromatic heterocycles. The smallest absolute Gasteiger partial charge is 0.351 e. The van der Waals surface area contributed by atoms with Crippen molar-refractivity contribution in [2.75, 3.05) is 5.32 Å². The molecular formula is C27H23N5O4. The van der Waals surface area contributed by atoms with E-state index in [1.807, 2.05) is 30.3 Å². The second-order valence-corrected chi connectivity index (χ2v) is 8.29. The number of hydrogen-bond acceptors (Lipinski definition) is 6. The number of fused-ring (bicyclic) bond motifs is 3. The zero-order valence-electron chi connectivity index (χ0n) is 19.8. The third-order valence-electron chi connectivity index (χ3n) is 5.77. The van der Waals surface area contributed by atoms with E-state index in [-0.39, 0.29) is 23.9 Å². The van der Waals surface area contributed by atoms with Crippen LogP contribution in [0.1, 0.15) is 29.8 Å². The third kappa shape index (κ3) is 4.46. The number of para-hydroxylation sites is 2. The van der Waals surface area contributed by atoms with E-state index < -0.39 is 11.6 Å². The molecular weight excluding hydrogens is 458 g/mol. The highest BCUT2D eigenvalue weighted by molar-refractivity contribution is 5.97. The minimum absolute atomic E-state index is 0.112. The van der Waals surface area contributed by atoms with E-state index in [1.54, 1.807) is 42.5 Å². The maximum atomic E-state index is 13.3. The van der Waals surface area contributed by atoms with Gasteiger partial charge in [0, 0.05) is 11.3 Å². The Labute approximate surface area is 206 Å². The van der Waals surface area contributed by atoms with Gasteiger partial charge < -0.3 is 10.1 Å². The van der Waals surface area contributed by atoms with E-state index in [0.29, 0.717) is 28.0 Å². The number of nitrogens with one attached hydrogen (secondary N) is 1. The Balaban J connectivity index is 1.51. The predicted molar refractivity (Wildman–Crippen MR) is 136 cm³/mol. The van der Waals surface area contributed by atoms with Gasteiger partial charge in [-0.15, -0.1) is 5.10 Å². The molecule has 5 aromatic rings. The molecule has 0 unspecified atom stereocenters. The monoisotopic (exact) mass is 481 g/mol. The first kappa shape index (κ1) is 23.0. The van der Waals surface area contributed by atoms with E-state index in [2.05, 4.69) is 22.3 Å². The molecule has 0 atom stereocenters. The lowest BCUT2D eigenvalue weighted by molar-refractivity contribution is -0.117. The number of nitrogens with zero attached hydrogens (tertiary/aromatic N) is 4. The standard InChI is InChI=1S/C27H23N5O4/c1-3-18-11-13-21(14-12-18)36-26-25-30-31(27(35)32(25)23-10-5-4-9-22(23)29-26)16-24(34)28-20-8-6-7-19(15-20)17(2)33/h4-15H,3,16H2,1-2H3,(H,28,34). The SMILES string of the molecule is CCc1ccc(Oc2nc3ccccc3n3c(=O)n(CC(=O)Nc4cccc(C(C)=O)c4)nc23)cc1. The Hall–Kier alpha value is -4.79. The highest BCUT2D eigenvalue weighted by Crippen LogP contribution is 2.26. The Kier molecular flexibility index (Phi) is 6.03. The van der Waals surface area contributed by atoms with Crippen molar-refractivity contribution < 1.29 is 14.3 Å². The fraction of sp³-hybridized carbons (Fsp3) is 0.148. The molecule has 0 aliphatic heterocycles. The molecule has 5 rings (SSSR count). The maximum Gasteiger partial charge on any atom is 0.351 e. The molecule has 9 nitrogen and oxygen atoms in total. The highest BCUT2D eigenvalue weighted by atomic mass is 16.5. The average molecular weight is 482 g/mol. The quantitative estimate of drug-likeness (QED) is 0.349. The zero-order valence-corrected chi connectivity index (χ0v) is 19.8. The molecule has 2 heterocycles. The fourth-order valence-corrected chi connectivity index (χ4v) is 3.90. The molecule has 0 aliphatic rings. The largest absolute Gasteiger partial charge is 0.436 e. The summed E-state index contributed by atoms with van der Waals surface area (Å²) in [7, 11) is 0. The summed E-state index contributed by atoms with van der Waals surface area (Å²) in [5.74, 6) is 0.139. The summed E-state index contributed by atoms with van der Waals surface area (Å²) in [4.78, 5) is 42.3. The number of amides is 1. The van der Waals surface area contributed by atoms with Crippen molar-refractivity contribution in [1.29, 1.82) is 0 Å². The average Bonchev–Trinajstić information content (AvgIpc) is 3.21. The molecule has 0 saturated heterocycles. The lowest BCUT2D eigenvalue weighted by Gasteiger charge is -2.08. The van der Waals surface area contributed by atoms with E-state index in [0.717, 1.165) is 11.1 Å². The molecule has 9 heteroatoms. The van der Waals surface area contributed by atoms with Gasteiger partial charge in [-0.1, -0.05) is 43.3 Å². The van der Waals surface area contributed by atoms with Crippen LogP contribution in [0.4, 0.5) is 5.69 Å². The van der Waals surface area contributed by atoms with Gasteiger partial charge in [0.1, 0.15) is 12.3 Å². The van der Waals surface area contributed by atoms with Crippen LogP contribution in [0.3, 0.4) is 0 Å². The van der Waals surface area contributed by atoms with Gasteiger partial charge in [-0.3, -0.25) is 9.59 Å². The summed E-state index contributed by atoms with van der Waals surface area (Å²) < 4.78 is 8.49. The van der Waals surface area contributed by atoms with Crippen LogP contribution >= 0.6 is 0 Å². The van der Waals surface area contributed by atoms with E-state index in [4.69, 9.17) is 4.74 Å². The summed E-state index contributed by atoms with van der Waals surface area (Å²) in [6.07, 6.45) is 0.902. The summed E-state index contributed by atoms with van der Waals surface area (Å²) >= 11 is 0. The minimum atomic E-state index is -0.498. The van der Waals surface area contributed by atoms with Crippen molar-refractivity contribution in [2.45, 2.75) is 26.8 Å². The highest BCUT2D eigenvalue weighted by Gasteiger charge is 2.19. The number of aryl methyl sites for hydroxylation is 1. The summed E-state index contributed by atoms with van der Waals surface area (Å²) in [5, 5.41) is 7.10. The first-order valence-corrected chi connectivity index (χ1v) is 11.5. The Bertz CT molecular complexity index is 1670. The Morgan fingerprint density at radius 2 is 1.78 bits per heavy atom. The van der Waals surface area contributed by atoms with Gasteiger partial charge in [0.25, 0.3) is 5.88 Å². The van der Waals surface area contributed by atoms with Gasteiger partial charge in [0.2, 0.25) is 11.6 Å². The number of anilines is 1. The lowest BCUT2D eigenvalue weighted by Crippen LogP contribution is -2.28. The van der Waals surface area contributed by atoms with Gasteiger partial charge in [-0.2, -0.15) is 0 Å². The summed E-state index contributed by atoms with van der Waals surface area (Å²) in [6.45, 7) is 3.19. The molecule has 3 aromatic carbocycles. The number of carbonyl (C=O) groups excluding carboxylic acids is 2. The zero-order chi connectivity index (χ0) is 25.2. The van der Waals surface area contributed by atoms with Crippen molar-refractivity contribution in [2.24, 2.45) is 0 Å². The molecule has 0 saturated carbocycles. The molecule has 0 aliphatic carbocycles. The lowest BCUT2D eigenvalue weighted by atomic mass is 10.1. The number of hydrogen-bond donors (Lipinski definition) is 1.